The van der Waals surface area contributed by atoms with Gasteiger partial charge in [0, 0.05) is 49.4 Å². The van der Waals surface area contributed by atoms with Gasteiger partial charge in [-0.3, -0.25) is 0 Å². The minimum Gasteiger partial charge on any atom is -0.497 e. The Hall–Kier alpha value is -6.24. The van der Waals surface area contributed by atoms with E-state index in [1.807, 2.05) is 97.1 Å². The number of ether oxygens (including phenoxy) is 2. The van der Waals surface area contributed by atoms with Crippen LogP contribution in [0.15, 0.2) is 170 Å². The second-order valence-electron chi connectivity index (χ2n) is 12.5. The number of fused-ring (bicyclic) bond motifs is 6. The van der Waals surface area contributed by atoms with Gasteiger partial charge in [-0.1, -0.05) is 90.9 Å². The Balaban J connectivity index is 1.32. The molecule has 0 aliphatic carbocycles. The van der Waals surface area contributed by atoms with E-state index in [0.29, 0.717) is 11.3 Å². The summed E-state index contributed by atoms with van der Waals surface area (Å²) in [6.45, 7) is -0.177. The third-order valence-electron chi connectivity index (χ3n) is 9.63. The summed E-state index contributed by atoms with van der Waals surface area (Å²) < 4.78 is 58.2. The van der Waals surface area contributed by atoms with Crippen molar-refractivity contribution in [2.45, 2.75) is 0 Å². The van der Waals surface area contributed by atoms with Crippen LogP contribution < -0.4 is 35.0 Å². The summed E-state index contributed by atoms with van der Waals surface area (Å²) in [5, 5.41) is 1.04. The molecular formula is C45H31BN2O2S. The lowest BCUT2D eigenvalue weighted by molar-refractivity contribution is 0.415. The molecule has 0 N–H and O–H groups in total. The van der Waals surface area contributed by atoms with Crippen LogP contribution in [-0.2, 0) is 0 Å². The predicted molar refractivity (Wildman–Crippen MR) is 214 cm³/mol. The molecule has 2 aliphatic rings. The number of rotatable bonds is 6. The van der Waals surface area contributed by atoms with Gasteiger partial charge in [-0.25, -0.2) is 0 Å². The Morgan fingerprint density at radius 2 is 1.29 bits per heavy atom. The van der Waals surface area contributed by atoms with Crippen molar-refractivity contribution in [3.05, 3.63) is 170 Å². The number of hydrogen-bond donors (Lipinski definition) is 0. The molecule has 6 heteroatoms. The highest BCUT2D eigenvalue weighted by atomic mass is 32.1. The van der Waals surface area contributed by atoms with E-state index < -0.39 is 6.04 Å². The van der Waals surface area contributed by atoms with E-state index in [4.69, 9.17) is 16.3 Å². The lowest BCUT2D eigenvalue weighted by atomic mass is 9.36. The molecule has 0 unspecified atom stereocenters. The molecular weight excluding hydrogens is 643 g/mol. The van der Waals surface area contributed by atoms with Gasteiger partial charge in [0.15, 0.2) is 0 Å². The lowest BCUT2D eigenvalue weighted by Crippen LogP contribution is -2.60. The van der Waals surface area contributed by atoms with E-state index in [1.165, 1.54) is 4.78 Å². The molecule has 0 bridgehead atoms. The van der Waals surface area contributed by atoms with Crippen LogP contribution in [0, 0.1) is 0 Å². The summed E-state index contributed by atoms with van der Waals surface area (Å²) in [7, 11) is 1.68. The molecule has 0 saturated heterocycles. The molecule has 0 saturated carbocycles. The Morgan fingerprint density at radius 3 is 2.10 bits per heavy atom. The fraction of sp³-hybridized carbons (Fsp3) is 0.0222. The first-order valence-electron chi connectivity index (χ1n) is 19.2. The fourth-order valence-electron chi connectivity index (χ4n) is 7.51. The number of nitrogens with zero attached hydrogens (tertiary/aromatic N) is 2. The SMILES string of the molecule is [2H]c1c([2H])c([2H])c(-c2cc3c4c(c2)N(c2ccccc2)c2c(sc5ccc(OC)cc25)B4c2ccccc2N3c2cccc(Oc3ccccc3)c2)c([2H])c1[2H]. The maximum absolute atomic E-state index is 9.09. The molecule has 4 nitrogen and oxygen atoms in total. The van der Waals surface area contributed by atoms with E-state index in [2.05, 4.69) is 52.3 Å². The summed E-state index contributed by atoms with van der Waals surface area (Å²) in [6, 6.07) is 44.8. The van der Waals surface area contributed by atoms with E-state index >= 15 is 0 Å². The molecule has 0 spiro atoms. The molecule has 3 heterocycles. The molecule has 2 aliphatic heterocycles. The van der Waals surface area contributed by atoms with Crippen molar-refractivity contribution in [3.8, 4) is 28.4 Å². The second-order valence-corrected chi connectivity index (χ2v) is 13.6. The van der Waals surface area contributed by atoms with Gasteiger partial charge in [0.2, 0.25) is 0 Å². The zero-order valence-electron chi connectivity index (χ0n) is 32.5. The smallest absolute Gasteiger partial charge is 0.264 e. The first kappa shape index (κ1) is 24.8. The molecule has 0 amide bonds. The van der Waals surface area contributed by atoms with Crippen LogP contribution in [0.25, 0.3) is 21.2 Å². The number of para-hydroxylation sites is 3. The van der Waals surface area contributed by atoms with E-state index in [1.54, 1.807) is 18.4 Å². The van der Waals surface area contributed by atoms with Crippen LogP contribution >= 0.6 is 11.3 Å². The molecule has 51 heavy (non-hydrogen) atoms. The summed E-state index contributed by atoms with van der Waals surface area (Å²) in [4.78, 5) is 4.48. The normalized spacial score (nSPS) is 14.1. The van der Waals surface area contributed by atoms with Gasteiger partial charge in [0.1, 0.15) is 17.2 Å². The Bertz CT molecular complexity index is 2840. The van der Waals surface area contributed by atoms with Crippen LogP contribution in [0.2, 0.25) is 0 Å². The maximum Gasteiger partial charge on any atom is 0.264 e. The summed E-state index contributed by atoms with van der Waals surface area (Å²) in [5.41, 5.74) is 8.29. The molecule has 0 atom stereocenters. The first-order valence-corrected chi connectivity index (χ1v) is 17.6. The minimum atomic E-state index is -0.428. The van der Waals surface area contributed by atoms with Crippen LogP contribution in [-0.4, -0.2) is 13.8 Å². The van der Waals surface area contributed by atoms with Crippen LogP contribution in [0.4, 0.5) is 34.1 Å². The number of benzene rings is 7. The van der Waals surface area contributed by atoms with Gasteiger partial charge in [0.05, 0.1) is 19.7 Å². The van der Waals surface area contributed by atoms with Crippen molar-refractivity contribution in [2.24, 2.45) is 0 Å². The van der Waals surface area contributed by atoms with Crippen molar-refractivity contribution in [2.75, 3.05) is 16.9 Å². The molecule has 8 aromatic rings. The third kappa shape index (κ3) is 4.83. The largest absolute Gasteiger partial charge is 0.497 e. The summed E-state index contributed by atoms with van der Waals surface area (Å²) >= 11 is 1.77. The van der Waals surface area contributed by atoms with Gasteiger partial charge < -0.3 is 19.3 Å². The molecule has 1 aromatic heterocycles. The second kappa shape index (κ2) is 12.0. The molecule has 10 rings (SSSR count). The zero-order chi connectivity index (χ0) is 38.2. The molecule has 242 valence electrons. The van der Waals surface area contributed by atoms with Crippen molar-refractivity contribution >= 4 is 78.0 Å². The highest BCUT2D eigenvalue weighted by molar-refractivity contribution is 7.33. The van der Waals surface area contributed by atoms with Crippen LogP contribution in [0.5, 0.6) is 17.2 Å². The van der Waals surface area contributed by atoms with E-state index in [-0.39, 0.29) is 36.4 Å². The van der Waals surface area contributed by atoms with Crippen molar-refractivity contribution in [3.63, 3.8) is 0 Å². The molecule has 0 radical (unpaired) electrons. The van der Waals surface area contributed by atoms with Crippen molar-refractivity contribution < 1.29 is 16.3 Å². The Morgan fingerprint density at radius 1 is 0.588 bits per heavy atom. The predicted octanol–water partition coefficient (Wildman–Crippen LogP) is 10.5. The monoisotopic (exact) mass is 679 g/mol. The number of thiophene rings is 1. The maximum atomic E-state index is 9.09. The Labute approximate surface area is 308 Å². The van der Waals surface area contributed by atoms with Crippen LogP contribution in [0.3, 0.4) is 0 Å². The quantitative estimate of drug-likeness (QED) is 0.163. The minimum absolute atomic E-state index is 0.141. The lowest BCUT2D eigenvalue weighted by Gasteiger charge is -2.43. The van der Waals surface area contributed by atoms with E-state index in [9.17, 15) is 0 Å². The summed E-state index contributed by atoms with van der Waals surface area (Å²) in [6.07, 6.45) is 0. The number of methoxy groups -OCH3 is 1. The van der Waals surface area contributed by atoms with E-state index in [0.717, 1.165) is 66.6 Å². The van der Waals surface area contributed by atoms with Gasteiger partial charge in [0.25, 0.3) is 6.71 Å². The Kier molecular flexibility index (Phi) is 5.83. The standard InChI is InChI=1S/C45H31BN2O2S/c1-49-35-24-25-42-37(29-35)44-45(51-42)46-38-22-11-12-23-39(38)47(33-18-13-21-36(28-33)50-34-19-9-4-10-20-34)40-26-31(30-14-5-2-6-15-30)27-41(43(40)46)48(44)32-16-7-3-8-17-32/h2-29H,1H3/i2D,5D,6D,14D,15D. The number of anilines is 6. The van der Waals surface area contributed by atoms with Crippen molar-refractivity contribution in [1.29, 1.82) is 0 Å². The number of hydrogen-bond acceptors (Lipinski definition) is 5. The average molecular weight is 680 g/mol. The zero-order valence-corrected chi connectivity index (χ0v) is 28.3. The highest BCUT2D eigenvalue weighted by Gasteiger charge is 2.45. The topological polar surface area (TPSA) is 24.9 Å². The van der Waals surface area contributed by atoms with Gasteiger partial charge in [-0.2, -0.15) is 0 Å². The summed E-state index contributed by atoms with van der Waals surface area (Å²) in [5.74, 6) is 2.13. The molecule has 0 fully saturated rings. The highest BCUT2D eigenvalue weighted by Crippen LogP contribution is 2.49. The van der Waals surface area contributed by atoms with Gasteiger partial charge >= 0.3 is 0 Å². The fourth-order valence-corrected chi connectivity index (χ4v) is 8.81. The van der Waals surface area contributed by atoms with Gasteiger partial charge in [-0.15, -0.1) is 11.3 Å². The first-order chi connectivity index (χ1) is 27.3. The van der Waals surface area contributed by atoms with Crippen LogP contribution in [0.1, 0.15) is 6.85 Å². The molecule has 7 aromatic carbocycles. The third-order valence-corrected chi connectivity index (χ3v) is 10.9. The van der Waals surface area contributed by atoms with Crippen molar-refractivity contribution in [1.82, 2.24) is 0 Å². The average Bonchev–Trinajstić information content (AvgIpc) is 3.61. The van der Waals surface area contributed by atoms with Gasteiger partial charge in [-0.05, 0) is 94.8 Å².